The van der Waals surface area contributed by atoms with Gasteiger partial charge in [0.2, 0.25) is 6.79 Å². The maximum absolute atomic E-state index is 10.6. The van der Waals surface area contributed by atoms with E-state index in [1.54, 1.807) is 0 Å². The van der Waals surface area contributed by atoms with Gasteiger partial charge in [-0.1, -0.05) is 6.07 Å². The minimum absolute atomic E-state index is 0.240. The predicted molar refractivity (Wildman–Crippen MR) is 73.0 cm³/mol. The van der Waals surface area contributed by atoms with Crippen molar-refractivity contribution in [2.24, 2.45) is 0 Å². The monoisotopic (exact) mass is 277 g/mol. The Labute approximate surface area is 118 Å². The third-order valence-electron chi connectivity index (χ3n) is 3.98. The average molecular weight is 277 g/mol. The third kappa shape index (κ3) is 2.72. The highest BCUT2D eigenvalue weighted by Gasteiger charge is 2.27. The van der Waals surface area contributed by atoms with Gasteiger partial charge in [-0.25, -0.2) is 0 Å². The van der Waals surface area contributed by atoms with Gasteiger partial charge in [-0.3, -0.25) is 9.69 Å². The van der Waals surface area contributed by atoms with E-state index in [1.807, 2.05) is 6.07 Å². The Morgan fingerprint density at radius 2 is 2.20 bits per heavy atom. The number of nitrogens with zero attached hydrogens (tertiary/aromatic N) is 1. The Morgan fingerprint density at radius 1 is 1.35 bits per heavy atom. The van der Waals surface area contributed by atoms with Crippen molar-refractivity contribution in [2.75, 3.05) is 19.9 Å². The van der Waals surface area contributed by atoms with E-state index in [0.29, 0.717) is 19.3 Å². The molecule has 2 aliphatic rings. The molecular formula is C15H19NO4. The van der Waals surface area contributed by atoms with Crippen molar-refractivity contribution >= 4 is 5.97 Å². The number of likely N-dealkylation sites (tertiary alicyclic amines) is 1. The second kappa shape index (κ2) is 5.71. The molecule has 0 aromatic heterocycles. The van der Waals surface area contributed by atoms with Crippen LogP contribution in [0, 0.1) is 0 Å². The lowest BCUT2D eigenvalue weighted by atomic mass is 10.0. The molecule has 1 atom stereocenters. The van der Waals surface area contributed by atoms with Gasteiger partial charge in [0, 0.05) is 12.5 Å². The number of hydrogen-bond donors (Lipinski definition) is 1. The molecule has 0 radical (unpaired) electrons. The van der Waals surface area contributed by atoms with Crippen LogP contribution < -0.4 is 9.47 Å². The van der Waals surface area contributed by atoms with E-state index < -0.39 is 5.97 Å². The number of fused-ring (bicyclic) bond motifs is 1. The van der Waals surface area contributed by atoms with Crippen LogP contribution in [0.3, 0.4) is 0 Å². The number of benzene rings is 1. The fourth-order valence-electron chi connectivity index (χ4n) is 3.03. The van der Waals surface area contributed by atoms with Crippen molar-refractivity contribution < 1.29 is 19.4 Å². The van der Waals surface area contributed by atoms with E-state index in [2.05, 4.69) is 17.0 Å². The highest BCUT2D eigenvalue weighted by molar-refractivity contribution is 5.66. The fraction of sp³-hybridized carbons (Fsp3) is 0.533. The molecule has 1 fully saturated rings. The third-order valence-corrected chi connectivity index (χ3v) is 3.98. The number of rotatable bonds is 5. The van der Waals surface area contributed by atoms with E-state index in [9.17, 15) is 4.79 Å². The van der Waals surface area contributed by atoms with Gasteiger partial charge in [-0.05, 0) is 50.0 Å². The molecule has 0 unspecified atom stereocenters. The first kappa shape index (κ1) is 13.2. The van der Waals surface area contributed by atoms with Gasteiger partial charge < -0.3 is 14.6 Å². The summed E-state index contributed by atoms with van der Waals surface area (Å²) in [6.07, 6.45) is 3.22. The Kier molecular flexibility index (Phi) is 3.78. The molecular weight excluding hydrogens is 258 g/mol. The molecule has 1 aromatic rings. The normalized spacial score (nSPS) is 21.3. The Balaban J connectivity index is 1.67. The van der Waals surface area contributed by atoms with Crippen molar-refractivity contribution in [3.05, 3.63) is 23.8 Å². The summed E-state index contributed by atoms with van der Waals surface area (Å²) in [4.78, 5) is 13.0. The zero-order chi connectivity index (χ0) is 13.9. The van der Waals surface area contributed by atoms with Crippen molar-refractivity contribution in [1.82, 2.24) is 4.90 Å². The lowest BCUT2D eigenvalue weighted by molar-refractivity contribution is -0.137. The van der Waals surface area contributed by atoms with Gasteiger partial charge in [0.15, 0.2) is 11.5 Å². The van der Waals surface area contributed by atoms with Crippen molar-refractivity contribution in [3.63, 3.8) is 0 Å². The summed E-state index contributed by atoms with van der Waals surface area (Å²) < 4.78 is 10.8. The Hall–Kier alpha value is -1.75. The van der Waals surface area contributed by atoms with Crippen LogP contribution in [0.25, 0.3) is 0 Å². The summed E-state index contributed by atoms with van der Waals surface area (Å²) in [6, 6.07) is 6.49. The number of carboxylic acid groups (broad SMARTS) is 1. The molecule has 0 bridgehead atoms. The minimum Gasteiger partial charge on any atom is -0.481 e. The second-order valence-electron chi connectivity index (χ2n) is 5.30. The maximum Gasteiger partial charge on any atom is 0.303 e. The number of hydrogen-bond acceptors (Lipinski definition) is 4. The summed E-state index contributed by atoms with van der Waals surface area (Å²) in [5, 5.41) is 8.73. The Morgan fingerprint density at radius 3 is 3.05 bits per heavy atom. The van der Waals surface area contributed by atoms with Crippen molar-refractivity contribution in [2.45, 2.75) is 31.7 Å². The van der Waals surface area contributed by atoms with Gasteiger partial charge in [0.25, 0.3) is 0 Å². The first-order valence-corrected chi connectivity index (χ1v) is 7.09. The Bertz CT molecular complexity index is 503. The summed E-state index contributed by atoms with van der Waals surface area (Å²) >= 11 is 0. The highest BCUT2D eigenvalue weighted by atomic mass is 16.7. The summed E-state index contributed by atoms with van der Waals surface area (Å²) in [6.45, 7) is 2.18. The molecule has 1 aromatic carbocycles. The molecule has 5 nitrogen and oxygen atoms in total. The molecule has 1 saturated heterocycles. The molecule has 5 heteroatoms. The average Bonchev–Trinajstić information content (AvgIpc) is 3.05. The molecule has 0 saturated carbocycles. The van der Waals surface area contributed by atoms with Crippen LogP contribution in [0.2, 0.25) is 0 Å². The first-order chi connectivity index (χ1) is 9.74. The number of aliphatic carboxylic acids is 1. The van der Waals surface area contributed by atoms with Crippen LogP contribution in [0.15, 0.2) is 18.2 Å². The predicted octanol–water partition coefficient (Wildman–Crippen LogP) is 2.42. The van der Waals surface area contributed by atoms with Crippen molar-refractivity contribution in [3.8, 4) is 11.5 Å². The summed E-state index contributed by atoms with van der Waals surface area (Å²) in [7, 11) is 0. The van der Waals surface area contributed by atoms with Gasteiger partial charge >= 0.3 is 5.97 Å². The van der Waals surface area contributed by atoms with E-state index in [-0.39, 0.29) is 6.42 Å². The maximum atomic E-state index is 10.6. The summed E-state index contributed by atoms with van der Waals surface area (Å²) in [5.41, 5.74) is 1.24. The molecule has 3 rings (SSSR count). The number of ether oxygens (including phenoxy) is 2. The lowest BCUT2D eigenvalue weighted by Crippen LogP contribution is -2.24. The smallest absolute Gasteiger partial charge is 0.303 e. The van der Waals surface area contributed by atoms with Gasteiger partial charge in [0.05, 0.1) is 0 Å². The quantitative estimate of drug-likeness (QED) is 0.895. The van der Waals surface area contributed by atoms with Crippen molar-refractivity contribution in [1.29, 1.82) is 0 Å². The van der Waals surface area contributed by atoms with E-state index >= 15 is 0 Å². The molecule has 0 aliphatic carbocycles. The number of carbonyl (C=O) groups is 1. The number of carboxylic acids is 1. The molecule has 2 aliphatic heterocycles. The molecule has 2 heterocycles. The second-order valence-corrected chi connectivity index (χ2v) is 5.30. The molecule has 108 valence electrons. The highest BCUT2D eigenvalue weighted by Crippen LogP contribution is 2.38. The van der Waals surface area contributed by atoms with E-state index in [0.717, 1.165) is 37.4 Å². The zero-order valence-corrected chi connectivity index (χ0v) is 11.4. The van der Waals surface area contributed by atoms with Crippen LogP contribution >= 0.6 is 0 Å². The largest absolute Gasteiger partial charge is 0.481 e. The lowest BCUT2D eigenvalue weighted by Gasteiger charge is -2.24. The van der Waals surface area contributed by atoms with Gasteiger partial charge in [-0.15, -0.1) is 0 Å². The molecule has 20 heavy (non-hydrogen) atoms. The fourth-order valence-corrected chi connectivity index (χ4v) is 3.03. The topological polar surface area (TPSA) is 59.0 Å². The van der Waals surface area contributed by atoms with Crippen LogP contribution in [0.4, 0.5) is 0 Å². The summed E-state index contributed by atoms with van der Waals surface area (Å²) in [5.74, 6) is 0.910. The standard InChI is InChI=1S/C15H19NO4/c17-15(18)4-2-8-16-7-1-3-12(16)11-5-6-13-14(9-11)20-10-19-13/h5-6,9,12H,1-4,7-8,10H2,(H,17,18)/t12-/m1/s1. The molecule has 0 spiro atoms. The zero-order valence-electron chi connectivity index (χ0n) is 11.4. The van der Waals surface area contributed by atoms with Gasteiger partial charge in [0.1, 0.15) is 0 Å². The van der Waals surface area contributed by atoms with Crippen LogP contribution in [0.5, 0.6) is 11.5 Å². The molecule has 0 amide bonds. The van der Waals surface area contributed by atoms with E-state index in [4.69, 9.17) is 14.6 Å². The van der Waals surface area contributed by atoms with Gasteiger partial charge in [-0.2, -0.15) is 0 Å². The van der Waals surface area contributed by atoms with E-state index in [1.165, 1.54) is 5.56 Å². The molecule has 1 N–H and O–H groups in total. The SMILES string of the molecule is O=C(O)CCCN1CCC[C@@H]1c1ccc2c(c1)OCO2. The van der Waals surface area contributed by atoms with Crippen LogP contribution in [0.1, 0.15) is 37.3 Å². The first-order valence-electron chi connectivity index (χ1n) is 7.09. The van der Waals surface area contributed by atoms with Crippen LogP contribution in [-0.2, 0) is 4.79 Å². The van der Waals surface area contributed by atoms with Crippen LogP contribution in [-0.4, -0.2) is 35.9 Å². The minimum atomic E-state index is -0.719.